The van der Waals surface area contributed by atoms with Crippen molar-refractivity contribution in [3.63, 3.8) is 0 Å². The molecule has 3 aliphatic rings. The Morgan fingerprint density at radius 2 is 1.77 bits per heavy atom. The van der Waals surface area contributed by atoms with Gasteiger partial charge in [-0.1, -0.05) is 0 Å². The molecule has 7 heterocycles. The molecule has 0 spiro atoms. The summed E-state index contributed by atoms with van der Waals surface area (Å²) >= 11 is 0. The Kier molecular flexibility index (Phi) is 6.92. The van der Waals surface area contributed by atoms with E-state index in [0.717, 1.165) is 18.2 Å². The highest BCUT2D eigenvalue weighted by atomic mass is 31.2. The molecule has 0 saturated carbocycles. The minimum Gasteiger partial charge on any atom is -0.382 e. The van der Waals surface area contributed by atoms with Crippen LogP contribution in [0.1, 0.15) is 18.9 Å². The largest absolute Gasteiger partial charge is 0.472 e. The molecule has 0 aromatic carbocycles. The van der Waals surface area contributed by atoms with Crippen LogP contribution in [-0.2, 0) is 32.2 Å². The molecule has 2 unspecified atom stereocenters. The van der Waals surface area contributed by atoms with Gasteiger partial charge in [0.1, 0.15) is 42.5 Å². The number of nitrogens with one attached hydrogen (secondary N) is 1. The predicted octanol–water partition coefficient (Wildman–Crippen LogP) is 0.247. The van der Waals surface area contributed by atoms with Gasteiger partial charge in [-0.05, 0) is 6.08 Å². The molecule has 7 rings (SSSR count). The van der Waals surface area contributed by atoms with Gasteiger partial charge in [-0.25, -0.2) is 28.9 Å². The second-order valence-electron chi connectivity index (χ2n) is 10.0. The summed E-state index contributed by atoms with van der Waals surface area (Å²) < 4.78 is 72.1. The van der Waals surface area contributed by atoms with Crippen LogP contribution in [0.25, 0.3) is 22.3 Å². The number of hydrogen-bond acceptors (Lipinski definition) is 15. The molecule has 0 aliphatic carbocycles. The molecule has 0 amide bonds. The summed E-state index contributed by atoms with van der Waals surface area (Å²) in [5.41, 5.74) is 11.2. The van der Waals surface area contributed by atoms with E-state index in [1.807, 2.05) is 0 Å². The summed E-state index contributed by atoms with van der Waals surface area (Å²) in [7, 11) is -9.58. The Hall–Kier alpha value is -3.65. The molecule has 7 N–H and O–H groups in total. The lowest BCUT2D eigenvalue weighted by molar-refractivity contribution is -0.0450. The van der Waals surface area contributed by atoms with E-state index >= 15 is 4.39 Å². The fourth-order valence-corrected chi connectivity index (χ4v) is 7.27. The number of aromatic amines is 1. The number of aromatic nitrogens is 8. The van der Waals surface area contributed by atoms with Crippen LogP contribution in [0.2, 0.25) is 0 Å². The number of imidazole rings is 2. The zero-order valence-corrected chi connectivity index (χ0v) is 23.8. The van der Waals surface area contributed by atoms with Gasteiger partial charge >= 0.3 is 15.4 Å². The molecule has 23 heteroatoms. The number of phosphoric ester groups is 1. The summed E-state index contributed by atoms with van der Waals surface area (Å²) in [6.45, 7) is -0.678. The Balaban J connectivity index is 1.18. The Morgan fingerprint density at radius 3 is 2.59 bits per heavy atom. The zero-order valence-electron chi connectivity index (χ0n) is 22.1. The van der Waals surface area contributed by atoms with E-state index in [0.29, 0.717) is 0 Å². The first-order valence-electron chi connectivity index (χ1n) is 12.9. The Bertz CT molecular complexity index is 1950. The molecule has 20 nitrogen and oxygen atoms in total. The molecule has 2 saturated heterocycles. The summed E-state index contributed by atoms with van der Waals surface area (Å²) in [5, 5.41) is 0. The van der Waals surface area contributed by atoms with Crippen molar-refractivity contribution >= 4 is 49.5 Å². The maximum Gasteiger partial charge on any atom is 0.472 e. The number of ether oxygens (including phenoxy) is 2. The van der Waals surface area contributed by atoms with Gasteiger partial charge in [0.2, 0.25) is 5.95 Å². The van der Waals surface area contributed by atoms with Crippen molar-refractivity contribution in [2.45, 2.75) is 49.5 Å². The van der Waals surface area contributed by atoms with Crippen LogP contribution in [0, 0.1) is 0 Å². The van der Waals surface area contributed by atoms with Crippen molar-refractivity contribution in [3.05, 3.63) is 41.2 Å². The second-order valence-corrected chi connectivity index (χ2v) is 13.1. The maximum atomic E-state index is 15.9. The molecule has 0 bridgehead atoms. The molecule has 9 atom stereocenters. The van der Waals surface area contributed by atoms with E-state index in [4.69, 9.17) is 34.5 Å². The number of fused-ring (bicyclic) bond motifs is 4. The first kappa shape index (κ1) is 29.1. The number of rotatable bonds is 2. The van der Waals surface area contributed by atoms with E-state index in [9.17, 15) is 23.7 Å². The molecule has 4 aromatic rings. The predicted molar refractivity (Wildman–Crippen MR) is 144 cm³/mol. The van der Waals surface area contributed by atoms with Crippen molar-refractivity contribution in [2.24, 2.45) is 0 Å². The lowest BCUT2D eigenvalue weighted by atomic mass is 10.1. The van der Waals surface area contributed by atoms with Gasteiger partial charge in [0.15, 0.2) is 35.0 Å². The SMILES string of the molecule is Nc1nc2c(ncn2[C@H]2C[C@@H]3OP(=O)(O)/C=C\[C@H]4O[C@@H](n5cnc6c(N)ncnc65)[C@H](F)[C@@H]4OP(=O)(O)OC[C@H]3O2)c(=O)[nH]1. The topological polar surface area (TPSA) is 280 Å². The fourth-order valence-electron chi connectivity index (χ4n) is 5.27. The van der Waals surface area contributed by atoms with E-state index in [-0.39, 0.29) is 40.5 Å². The quantitative estimate of drug-likeness (QED) is 0.181. The molecule has 3 aliphatic heterocycles. The van der Waals surface area contributed by atoms with E-state index in [2.05, 4.69) is 29.9 Å². The van der Waals surface area contributed by atoms with Crippen LogP contribution in [-0.4, -0.2) is 86.0 Å². The summed E-state index contributed by atoms with van der Waals surface area (Å²) in [5.74, 6) is 0.608. The first-order valence-corrected chi connectivity index (χ1v) is 16.0. The molecule has 234 valence electrons. The summed E-state index contributed by atoms with van der Waals surface area (Å²) in [4.78, 5) is 55.8. The maximum absolute atomic E-state index is 15.9. The minimum absolute atomic E-state index is 0.0294. The van der Waals surface area contributed by atoms with Crippen LogP contribution in [0.15, 0.2) is 35.7 Å². The van der Waals surface area contributed by atoms with Gasteiger partial charge in [-0.15, -0.1) is 0 Å². The average Bonchev–Trinajstić information content (AvgIpc) is 3.72. The number of halogens is 1. The highest BCUT2D eigenvalue weighted by Gasteiger charge is 2.51. The van der Waals surface area contributed by atoms with Crippen molar-refractivity contribution in [3.8, 4) is 0 Å². The van der Waals surface area contributed by atoms with Crippen molar-refractivity contribution in [1.29, 1.82) is 0 Å². The van der Waals surface area contributed by atoms with Crippen molar-refractivity contribution < 1.29 is 46.4 Å². The number of phosphoric acid groups is 1. The molecule has 44 heavy (non-hydrogen) atoms. The van der Waals surface area contributed by atoms with Gasteiger partial charge in [0.25, 0.3) is 5.56 Å². The second kappa shape index (κ2) is 10.5. The number of H-pyrrole nitrogens is 1. The lowest BCUT2D eigenvalue weighted by Gasteiger charge is -2.25. The summed E-state index contributed by atoms with van der Waals surface area (Å²) in [6.07, 6.45) is -5.75. The number of nitrogens with zero attached hydrogens (tertiary/aromatic N) is 7. The minimum atomic E-state index is -5.00. The number of anilines is 2. The molecular formula is C21H23FN10O10P2. The molecule has 4 aromatic heterocycles. The standard InChI is InChI=1S/C21H23FN10O10P2/c22-12-15-8(40-20(12)32-7-27-13-16(23)25-5-26-17(13)32)1-2-43(34,35)41-9-3-11(39-10(9)4-38-44(36,37)42-15)31-6-28-14-18(31)29-21(24)30-19(14)33/h1-2,5-12,15,20H,3-4H2,(H,34,35)(H,36,37)(H2,23,25,26)(H3,24,29,30,33)/b2-1-/t8-,9+,10-,11-,12-,15-,20-/m1/s1. The van der Waals surface area contributed by atoms with E-state index in [1.165, 1.54) is 21.8 Å². The third-order valence-corrected chi connectivity index (χ3v) is 9.32. The number of hydrogen-bond donors (Lipinski definition) is 5. The average molecular weight is 656 g/mol. The Morgan fingerprint density at radius 1 is 1.00 bits per heavy atom. The van der Waals surface area contributed by atoms with Crippen LogP contribution in [0.3, 0.4) is 0 Å². The normalized spacial score (nSPS) is 36.9. The monoisotopic (exact) mass is 656 g/mol. The number of alkyl halides is 1. The highest BCUT2D eigenvalue weighted by molar-refractivity contribution is 7.56. The third-order valence-electron chi connectivity index (χ3n) is 7.22. The highest BCUT2D eigenvalue weighted by Crippen LogP contribution is 2.54. The van der Waals surface area contributed by atoms with E-state index < -0.39 is 70.6 Å². The fraction of sp³-hybridized carbons (Fsp3) is 0.429. The van der Waals surface area contributed by atoms with E-state index in [1.54, 1.807) is 0 Å². The van der Waals surface area contributed by atoms with Gasteiger partial charge < -0.3 is 30.7 Å². The number of nitrogens with two attached hydrogens (primary N) is 2. The van der Waals surface area contributed by atoms with Gasteiger partial charge in [-0.2, -0.15) is 4.98 Å². The van der Waals surface area contributed by atoms with Crippen LogP contribution < -0.4 is 17.0 Å². The van der Waals surface area contributed by atoms with Gasteiger partial charge in [0.05, 0.1) is 19.3 Å². The van der Waals surface area contributed by atoms with Gasteiger partial charge in [-0.3, -0.25) is 37.0 Å². The summed E-state index contributed by atoms with van der Waals surface area (Å²) in [6, 6.07) is 0. The molecule has 2 fully saturated rings. The Labute approximate surface area is 243 Å². The van der Waals surface area contributed by atoms with Crippen molar-refractivity contribution in [1.82, 2.24) is 39.0 Å². The smallest absolute Gasteiger partial charge is 0.382 e. The third kappa shape index (κ3) is 5.11. The number of nitrogen functional groups attached to an aromatic ring is 2. The van der Waals surface area contributed by atoms with Crippen LogP contribution in [0.5, 0.6) is 0 Å². The van der Waals surface area contributed by atoms with Crippen LogP contribution >= 0.6 is 15.4 Å². The zero-order chi connectivity index (χ0) is 31.0. The van der Waals surface area contributed by atoms with Gasteiger partial charge in [0, 0.05) is 12.2 Å². The first-order chi connectivity index (χ1) is 20.9. The molecular weight excluding hydrogens is 633 g/mol. The lowest BCUT2D eigenvalue weighted by Crippen LogP contribution is -2.32. The molecule has 0 radical (unpaired) electrons. The van der Waals surface area contributed by atoms with Crippen LogP contribution in [0.4, 0.5) is 16.2 Å². The van der Waals surface area contributed by atoms with Crippen molar-refractivity contribution in [2.75, 3.05) is 18.1 Å².